The van der Waals surface area contributed by atoms with Gasteiger partial charge in [0.2, 0.25) is 0 Å². The summed E-state index contributed by atoms with van der Waals surface area (Å²) in [5.41, 5.74) is 0. The third-order valence-electron chi connectivity index (χ3n) is 2.36. The molecule has 0 aromatic heterocycles. The van der Waals surface area contributed by atoms with E-state index < -0.39 is 12.1 Å². The number of carbonyl (C=O) groups is 1. The predicted octanol–water partition coefficient (Wildman–Crippen LogP) is -5.01. The maximum atomic E-state index is 10.5. The maximum Gasteiger partial charge on any atom is 0.430 e. The van der Waals surface area contributed by atoms with Gasteiger partial charge < -0.3 is 44.5 Å². The summed E-state index contributed by atoms with van der Waals surface area (Å²) in [6.45, 7) is 5.50. The van der Waals surface area contributed by atoms with Crippen LogP contribution in [0.1, 0.15) is 25.7 Å². The highest BCUT2D eigenvalue weighted by molar-refractivity contribution is 5.70. The molecule has 0 radical (unpaired) electrons. The van der Waals surface area contributed by atoms with Gasteiger partial charge >= 0.3 is 6.18 Å². The highest BCUT2D eigenvalue weighted by Crippen LogP contribution is 2.11. The number of alkyl halides is 3. The van der Waals surface area contributed by atoms with E-state index in [1.165, 1.54) is 51.9 Å². The summed E-state index contributed by atoms with van der Waals surface area (Å²) < 4.78 is 31.5. The van der Waals surface area contributed by atoms with E-state index in [1.54, 1.807) is 0 Å². The third-order valence-corrected chi connectivity index (χ3v) is 2.36. The maximum absolute atomic E-state index is 10.5. The predicted molar refractivity (Wildman–Crippen MR) is 52.8 cm³/mol. The van der Waals surface area contributed by atoms with Crippen LogP contribution in [-0.4, -0.2) is 38.3 Å². The molecule has 2 rings (SSSR count). The number of quaternary nitrogens is 2. The van der Waals surface area contributed by atoms with E-state index in [1.807, 2.05) is 0 Å². The number of aliphatic carboxylic acids is 1. The van der Waals surface area contributed by atoms with Gasteiger partial charge in [-0.05, 0) is 0 Å². The summed E-state index contributed by atoms with van der Waals surface area (Å²) in [6.07, 6.45) is 0.583. The Balaban J connectivity index is 0. The fourth-order valence-corrected chi connectivity index (χ4v) is 1.44. The Morgan fingerprint density at radius 2 is 1.11 bits per heavy atom. The van der Waals surface area contributed by atoms with Crippen molar-refractivity contribution in [2.45, 2.75) is 31.9 Å². The van der Waals surface area contributed by atoms with Crippen molar-refractivity contribution >= 4 is 5.97 Å². The van der Waals surface area contributed by atoms with Crippen molar-refractivity contribution in [1.29, 1.82) is 0 Å². The number of rotatable bonds is 0. The average Bonchev–Trinajstić information content (AvgIpc) is 2.96. The zero-order chi connectivity index (χ0) is 13.1. The number of carbonyl (C=O) groups excluding carboxylic acids is 1. The molecule has 0 unspecified atom stereocenters. The molecule has 8 heteroatoms. The van der Waals surface area contributed by atoms with Crippen molar-refractivity contribution < 1.29 is 57.7 Å². The lowest BCUT2D eigenvalue weighted by Crippen LogP contribution is -3.00. The first-order chi connectivity index (χ1) is 7.94. The van der Waals surface area contributed by atoms with E-state index in [0.717, 1.165) is 0 Å². The van der Waals surface area contributed by atoms with Gasteiger partial charge in [-0.2, -0.15) is 13.2 Å². The van der Waals surface area contributed by atoms with Gasteiger partial charge in [0.05, 0.1) is 26.2 Å². The molecule has 0 amide bonds. The van der Waals surface area contributed by atoms with E-state index >= 15 is 0 Å². The average molecular weight is 384 g/mol. The van der Waals surface area contributed by atoms with Gasteiger partial charge in [-0.3, -0.25) is 0 Å². The molecule has 18 heavy (non-hydrogen) atoms. The van der Waals surface area contributed by atoms with Crippen molar-refractivity contribution in [2.24, 2.45) is 0 Å². The third kappa shape index (κ3) is 14.0. The Morgan fingerprint density at radius 1 is 0.889 bits per heavy atom. The van der Waals surface area contributed by atoms with Crippen LogP contribution in [0.5, 0.6) is 0 Å². The Labute approximate surface area is 122 Å². The molecule has 0 atom stereocenters. The van der Waals surface area contributed by atoms with Crippen LogP contribution in [0.15, 0.2) is 0 Å². The summed E-state index contributed by atoms with van der Waals surface area (Å²) in [5, 5.41) is 13.5. The molecule has 2 fully saturated rings. The minimum Gasteiger partial charge on any atom is -1.00 e. The lowest BCUT2D eigenvalue weighted by molar-refractivity contribution is -0.635. The number of hydrogen-bond donors (Lipinski definition) is 2. The van der Waals surface area contributed by atoms with Crippen LogP contribution >= 0.6 is 0 Å². The monoisotopic (exact) mass is 384 g/mol. The van der Waals surface area contributed by atoms with Crippen molar-refractivity contribution in [1.82, 2.24) is 0 Å². The molecule has 0 saturated carbocycles. The Hall–Kier alpha value is -0.0900. The van der Waals surface area contributed by atoms with Crippen LogP contribution in [0.25, 0.3) is 0 Å². The van der Waals surface area contributed by atoms with Crippen LogP contribution in [-0.2, 0) is 4.79 Å². The first-order valence-corrected chi connectivity index (χ1v) is 5.86. The second-order valence-electron chi connectivity index (χ2n) is 3.93. The summed E-state index contributed by atoms with van der Waals surface area (Å²) in [6, 6.07) is 0. The second kappa shape index (κ2) is 12.0. The van der Waals surface area contributed by atoms with Crippen molar-refractivity contribution in [2.75, 3.05) is 26.2 Å². The summed E-state index contributed by atoms with van der Waals surface area (Å²) in [4.78, 5) is 8.78. The molecule has 0 spiro atoms. The van der Waals surface area contributed by atoms with Gasteiger partial charge in [0.15, 0.2) is 0 Å². The highest BCUT2D eigenvalue weighted by atomic mass is 127. The molecule has 2 aliphatic heterocycles. The summed E-state index contributed by atoms with van der Waals surface area (Å²) in [7, 11) is 0. The fourth-order valence-electron chi connectivity index (χ4n) is 1.44. The Morgan fingerprint density at radius 3 is 1.17 bits per heavy atom. The topological polar surface area (TPSA) is 73.3 Å². The van der Waals surface area contributed by atoms with Gasteiger partial charge in [-0.15, -0.1) is 0 Å². The first-order valence-electron chi connectivity index (χ1n) is 5.86. The molecule has 4 N–H and O–H groups in total. The van der Waals surface area contributed by atoms with E-state index in [4.69, 9.17) is 9.90 Å². The number of carboxylic acids is 1. The van der Waals surface area contributed by atoms with Crippen LogP contribution in [0.2, 0.25) is 0 Å². The molecule has 0 aromatic carbocycles. The zero-order valence-corrected chi connectivity index (χ0v) is 12.3. The van der Waals surface area contributed by atoms with Crippen LogP contribution in [0.3, 0.4) is 0 Å². The SMILES string of the molecule is C1CC[NH2+]C1.C1CC[NH2+]C1.O=C([O-])C(F)(F)F.[I-]. The van der Waals surface area contributed by atoms with Gasteiger partial charge in [0.1, 0.15) is 5.97 Å². The van der Waals surface area contributed by atoms with E-state index in [0.29, 0.717) is 0 Å². The zero-order valence-electron chi connectivity index (χ0n) is 10.1. The molecule has 0 aromatic rings. The lowest BCUT2D eigenvalue weighted by Gasteiger charge is -2.03. The fraction of sp³-hybridized carbons (Fsp3) is 0.900. The van der Waals surface area contributed by atoms with Crippen molar-refractivity contribution in [3.05, 3.63) is 0 Å². The number of hydrogen-bond acceptors (Lipinski definition) is 2. The smallest absolute Gasteiger partial charge is 0.430 e. The Bertz CT molecular complexity index is 183. The van der Waals surface area contributed by atoms with E-state index in [9.17, 15) is 13.2 Å². The molecule has 2 aliphatic rings. The molecule has 2 heterocycles. The van der Waals surface area contributed by atoms with Gasteiger partial charge in [0.25, 0.3) is 0 Å². The summed E-state index contributed by atoms with van der Waals surface area (Å²) >= 11 is 0. The highest BCUT2D eigenvalue weighted by Gasteiger charge is 2.28. The summed E-state index contributed by atoms with van der Waals surface area (Å²) in [5.74, 6) is -3.01. The van der Waals surface area contributed by atoms with Gasteiger partial charge in [-0.1, -0.05) is 0 Å². The molecule has 0 aliphatic carbocycles. The van der Waals surface area contributed by atoms with Crippen LogP contribution < -0.4 is 39.7 Å². The molecular weight excluding hydrogens is 364 g/mol. The standard InChI is InChI=1S/2C4H9N.C2HF3O2.HI/c2*1-2-4-5-3-1;3-2(4,5)1(6)7;/h2*5H,1-4H2;(H,6,7);1H. The van der Waals surface area contributed by atoms with E-state index in [-0.39, 0.29) is 24.0 Å². The first kappa shape index (κ1) is 20.2. The molecule has 4 nitrogen and oxygen atoms in total. The quantitative estimate of drug-likeness (QED) is 0.411. The number of halogens is 4. The van der Waals surface area contributed by atoms with E-state index in [2.05, 4.69) is 10.6 Å². The molecule has 0 bridgehead atoms. The second-order valence-corrected chi connectivity index (χ2v) is 3.93. The molecular formula is C10H20F3IN2O2. The van der Waals surface area contributed by atoms with Crippen molar-refractivity contribution in [3.63, 3.8) is 0 Å². The van der Waals surface area contributed by atoms with Gasteiger partial charge in [0, 0.05) is 25.7 Å². The Kier molecular flexibility index (Phi) is 13.5. The number of nitrogens with two attached hydrogens (primary N) is 2. The minimum atomic E-state index is -5.19. The molecule has 2 saturated heterocycles. The largest absolute Gasteiger partial charge is 1.00 e. The number of carboxylic acid groups (broad SMARTS) is 1. The van der Waals surface area contributed by atoms with Crippen LogP contribution in [0.4, 0.5) is 13.2 Å². The van der Waals surface area contributed by atoms with Gasteiger partial charge in [-0.25, -0.2) is 0 Å². The molecule has 110 valence electrons. The van der Waals surface area contributed by atoms with Crippen LogP contribution in [0, 0.1) is 0 Å². The minimum absolute atomic E-state index is 0. The lowest BCUT2D eigenvalue weighted by atomic mass is 10.4. The normalized spacial score (nSPS) is 17.7. The van der Waals surface area contributed by atoms with Crippen molar-refractivity contribution in [3.8, 4) is 0 Å².